The van der Waals surface area contributed by atoms with Gasteiger partial charge in [0.15, 0.2) is 5.12 Å². The van der Waals surface area contributed by atoms with E-state index in [0.29, 0.717) is 20.9 Å². The highest BCUT2D eigenvalue weighted by molar-refractivity contribution is 8.15. The average molecular weight is 457 g/mol. The zero-order chi connectivity index (χ0) is 21.2. The van der Waals surface area contributed by atoms with Crippen molar-refractivity contribution in [2.24, 2.45) is 0 Å². The summed E-state index contributed by atoms with van der Waals surface area (Å²) >= 11 is 3.67. The standard InChI is InChI=1S/C25H32O2S2Si/c1-25(2,3)30(20-10-6-4-7-11-20,21-12-8-5-9-13-21)27-18-19-14-15-22(28-19)23-16-17-24(26)29-23/h4-13,19,22-23H,14-18H2,1-3H3/t19-,22-,23-/m1/s1. The fourth-order valence-corrected chi connectivity index (χ4v) is 12.6. The predicted octanol–water partition coefficient (Wildman–Crippen LogP) is 5.25. The van der Waals surface area contributed by atoms with Gasteiger partial charge in [0.05, 0.1) is 0 Å². The van der Waals surface area contributed by atoms with Gasteiger partial charge in [0.1, 0.15) is 0 Å². The second-order valence-corrected chi connectivity index (χ2v) is 16.6. The van der Waals surface area contributed by atoms with Crippen LogP contribution < -0.4 is 10.4 Å². The maximum Gasteiger partial charge on any atom is 0.261 e. The predicted molar refractivity (Wildman–Crippen MR) is 134 cm³/mol. The maximum absolute atomic E-state index is 11.7. The van der Waals surface area contributed by atoms with Crippen molar-refractivity contribution in [3.8, 4) is 0 Å². The number of carbonyl (C=O) groups excluding carboxylic acids is 1. The van der Waals surface area contributed by atoms with Crippen molar-refractivity contribution in [2.45, 2.75) is 67.2 Å². The van der Waals surface area contributed by atoms with E-state index < -0.39 is 8.32 Å². The largest absolute Gasteiger partial charge is 0.406 e. The van der Waals surface area contributed by atoms with Gasteiger partial charge in [0.25, 0.3) is 8.32 Å². The molecule has 0 aromatic heterocycles. The summed E-state index contributed by atoms with van der Waals surface area (Å²) in [5, 5.41) is 4.74. The average Bonchev–Trinajstić information content (AvgIpc) is 3.38. The maximum atomic E-state index is 11.7. The van der Waals surface area contributed by atoms with E-state index in [1.54, 1.807) is 11.8 Å². The molecule has 2 heterocycles. The lowest BCUT2D eigenvalue weighted by Gasteiger charge is -2.43. The zero-order valence-electron chi connectivity index (χ0n) is 18.2. The Hall–Kier alpha value is -1.01. The van der Waals surface area contributed by atoms with E-state index in [2.05, 4.69) is 93.2 Å². The second kappa shape index (κ2) is 9.23. The van der Waals surface area contributed by atoms with Crippen LogP contribution in [0.4, 0.5) is 0 Å². The van der Waals surface area contributed by atoms with Gasteiger partial charge in [0.2, 0.25) is 0 Å². The van der Waals surface area contributed by atoms with Gasteiger partial charge in [-0.05, 0) is 34.7 Å². The Labute approximate surface area is 190 Å². The molecule has 0 bridgehead atoms. The van der Waals surface area contributed by atoms with Gasteiger partial charge in [-0.25, -0.2) is 0 Å². The number of hydrogen-bond acceptors (Lipinski definition) is 4. The van der Waals surface area contributed by atoms with E-state index in [4.69, 9.17) is 4.43 Å². The lowest BCUT2D eigenvalue weighted by molar-refractivity contribution is -0.110. The van der Waals surface area contributed by atoms with Crippen LogP contribution in [0.1, 0.15) is 46.5 Å². The van der Waals surface area contributed by atoms with Crippen LogP contribution in [0.2, 0.25) is 5.04 Å². The van der Waals surface area contributed by atoms with Gasteiger partial charge in [0, 0.05) is 28.8 Å². The summed E-state index contributed by atoms with van der Waals surface area (Å²) < 4.78 is 7.13. The lowest BCUT2D eigenvalue weighted by Crippen LogP contribution is -2.67. The van der Waals surface area contributed by atoms with E-state index in [1.165, 1.54) is 23.2 Å². The molecule has 0 N–H and O–H groups in total. The monoisotopic (exact) mass is 456 g/mol. The molecule has 2 aliphatic heterocycles. The molecule has 30 heavy (non-hydrogen) atoms. The fraction of sp³-hybridized carbons (Fsp3) is 0.480. The molecule has 3 atom stereocenters. The first-order valence-corrected chi connectivity index (χ1v) is 14.7. The molecule has 2 aliphatic rings. The van der Waals surface area contributed by atoms with Gasteiger partial charge in [-0.3, -0.25) is 4.79 Å². The molecular formula is C25H32O2S2Si. The molecule has 2 nitrogen and oxygen atoms in total. The number of rotatable bonds is 6. The number of carbonyl (C=O) groups is 1. The highest BCUT2D eigenvalue weighted by Crippen LogP contribution is 2.45. The fourth-order valence-electron chi connectivity index (χ4n) is 4.92. The Morgan fingerprint density at radius 1 is 0.900 bits per heavy atom. The van der Waals surface area contributed by atoms with Crippen LogP contribution in [0.3, 0.4) is 0 Å². The topological polar surface area (TPSA) is 26.3 Å². The molecule has 0 unspecified atom stereocenters. The van der Waals surface area contributed by atoms with Gasteiger partial charge in [-0.15, -0.1) is 0 Å². The summed E-state index contributed by atoms with van der Waals surface area (Å²) in [5.41, 5.74) is 0. The first-order chi connectivity index (χ1) is 14.4. The summed E-state index contributed by atoms with van der Waals surface area (Å²) in [6.45, 7) is 7.81. The Balaban J connectivity index is 1.57. The SMILES string of the molecule is CC(C)(C)[Si](OC[C@H]1CC[C@H]([C@H]2CCC(=O)S2)S1)(c1ccccc1)c1ccccc1. The molecular weight excluding hydrogens is 424 g/mol. The van der Waals surface area contributed by atoms with Crippen molar-refractivity contribution in [3.05, 3.63) is 60.7 Å². The molecule has 160 valence electrons. The van der Waals surface area contributed by atoms with E-state index in [9.17, 15) is 4.79 Å². The quantitative estimate of drug-likeness (QED) is 0.555. The number of thioether (sulfide) groups is 2. The molecule has 5 heteroatoms. The number of hydrogen-bond donors (Lipinski definition) is 0. The Bertz CT molecular complexity index is 811. The number of benzene rings is 2. The van der Waals surface area contributed by atoms with Crippen LogP contribution in [0.25, 0.3) is 0 Å². The smallest absolute Gasteiger partial charge is 0.261 e. The van der Waals surface area contributed by atoms with Gasteiger partial charge >= 0.3 is 0 Å². The molecule has 0 amide bonds. The van der Waals surface area contributed by atoms with E-state index >= 15 is 0 Å². The molecule has 2 aromatic rings. The summed E-state index contributed by atoms with van der Waals surface area (Å²) in [6.07, 6.45) is 4.22. The van der Waals surface area contributed by atoms with Crippen LogP contribution >= 0.6 is 23.5 Å². The highest BCUT2D eigenvalue weighted by atomic mass is 32.2. The Morgan fingerprint density at radius 2 is 1.50 bits per heavy atom. The molecule has 2 saturated heterocycles. The molecule has 2 aromatic carbocycles. The van der Waals surface area contributed by atoms with Crippen LogP contribution in [0, 0.1) is 0 Å². The summed E-state index contributed by atoms with van der Waals surface area (Å²) in [6, 6.07) is 21.8. The van der Waals surface area contributed by atoms with Crippen molar-refractivity contribution in [2.75, 3.05) is 6.61 Å². The van der Waals surface area contributed by atoms with E-state index in [0.717, 1.165) is 19.4 Å². The van der Waals surface area contributed by atoms with Gasteiger partial charge < -0.3 is 4.43 Å². The first-order valence-electron chi connectivity index (χ1n) is 11.0. The zero-order valence-corrected chi connectivity index (χ0v) is 20.8. The minimum atomic E-state index is -2.45. The third kappa shape index (κ3) is 4.45. The Kier molecular flexibility index (Phi) is 6.83. The van der Waals surface area contributed by atoms with Crippen LogP contribution in [0.15, 0.2) is 60.7 Å². The van der Waals surface area contributed by atoms with Gasteiger partial charge in [-0.1, -0.05) is 93.2 Å². The third-order valence-electron chi connectivity index (χ3n) is 6.37. The molecule has 0 spiro atoms. The molecule has 0 radical (unpaired) electrons. The molecule has 0 saturated carbocycles. The molecule has 2 fully saturated rings. The van der Waals surface area contributed by atoms with E-state index in [1.807, 2.05) is 0 Å². The molecule has 0 aliphatic carbocycles. The van der Waals surface area contributed by atoms with Crippen LogP contribution in [-0.2, 0) is 9.22 Å². The lowest BCUT2D eigenvalue weighted by atomic mass is 10.1. The van der Waals surface area contributed by atoms with Crippen molar-refractivity contribution < 1.29 is 9.22 Å². The third-order valence-corrected chi connectivity index (χ3v) is 14.6. The minimum absolute atomic E-state index is 0.0199. The first kappa shape index (κ1) is 22.2. The Morgan fingerprint density at radius 3 is 2.00 bits per heavy atom. The van der Waals surface area contributed by atoms with Crippen LogP contribution in [0.5, 0.6) is 0 Å². The van der Waals surface area contributed by atoms with Crippen molar-refractivity contribution >= 4 is 47.3 Å². The van der Waals surface area contributed by atoms with Crippen LogP contribution in [-0.4, -0.2) is 35.8 Å². The normalized spacial score (nSPS) is 25.0. The highest BCUT2D eigenvalue weighted by Gasteiger charge is 2.50. The second-order valence-electron chi connectivity index (χ2n) is 9.42. The van der Waals surface area contributed by atoms with E-state index in [-0.39, 0.29) is 5.04 Å². The van der Waals surface area contributed by atoms with Crippen molar-refractivity contribution in [1.82, 2.24) is 0 Å². The minimum Gasteiger partial charge on any atom is -0.406 e. The van der Waals surface area contributed by atoms with Crippen molar-refractivity contribution in [3.63, 3.8) is 0 Å². The molecule has 4 rings (SSSR count). The van der Waals surface area contributed by atoms with Gasteiger partial charge in [-0.2, -0.15) is 11.8 Å². The summed E-state index contributed by atoms with van der Waals surface area (Å²) in [5.74, 6) is 0. The van der Waals surface area contributed by atoms with Crippen molar-refractivity contribution in [1.29, 1.82) is 0 Å². The summed E-state index contributed by atoms with van der Waals surface area (Å²) in [4.78, 5) is 11.7. The summed E-state index contributed by atoms with van der Waals surface area (Å²) in [7, 11) is -2.45.